The fourth-order valence-electron chi connectivity index (χ4n) is 0.951. The van der Waals surface area contributed by atoms with E-state index < -0.39 is 0 Å². The quantitative estimate of drug-likeness (QED) is 0.743. The number of nitrogens with zero attached hydrogens (tertiary/aromatic N) is 1. The van der Waals surface area contributed by atoms with E-state index in [4.69, 9.17) is 11.6 Å². The lowest BCUT2D eigenvalue weighted by Crippen LogP contribution is -2.19. The highest BCUT2D eigenvalue weighted by atomic mass is 79.9. The highest BCUT2D eigenvalue weighted by molar-refractivity contribution is 9.10. The van der Waals surface area contributed by atoms with Crippen molar-refractivity contribution in [2.24, 2.45) is 0 Å². The number of rotatable bonds is 3. The van der Waals surface area contributed by atoms with Gasteiger partial charge in [0.25, 0.3) is 0 Å². The fourth-order valence-corrected chi connectivity index (χ4v) is 1.47. The number of alkyl halides is 1. The second-order valence-electron chi connectivity index (χ2n) is 2.59. The van der Waals surface area contributed by atoms with Crippen molar-refractivity contribution in [3.05, 3.63) is 28.7 Å². The first kappa shape index (κ1) is 9.87. The molecule has 0 aliphatic rings. The molecule has 66 valence electrons. The van der Waals surface area contributed by atoms with Crippen LogP contribution in [0.4, 0.5) is 5.69 Å². The third kappa shape index (κ3) is 2.68. The molecule has 0 spiro atoms. The van der Waals surface area contributed by atoms with Gasteiger partial charge in [-0.05, 0) is 24.3 Å². The summed E-state index contributed by atoms with van der Waals surface area (Å²) >= 11 is 9.02. The van der Waals surface area contributed by atoms with Gasteiger partial charge in [-0.1, -0.05) is 15.9 Å². The molecule has 0 amide bonds. The Labute approximate surface area is 86.5 Å². The topological polar surface area (TPSA) is 3.24 Å². The first-order valence-electron chi connectivity index (χ1n) is 3.76. The minimum Gasteiger partial charge on any atom is -0.373 e. The van der Waals surface area contributed by atoms with Crippen molar-refractivity contribution in [1.82, 2.24) is 0 Å². The fraction of sp³-hybridized carbons (Fsp3) is 0.333. The Morgan fingerprint density at radius 1 is 1.33 bits per heavy atom. The highest BCUT2D eigenvalue weighted by Gasteiger charge is 1.97. The van der Waals surface area contributed by atoms with E-state index in [-0.39, 0.29) is 0 Å². The molecule has 0 N–H and O–H groups in total. The van der Waals surface area contributed by atoms with E-state index in [2.05, 4.69) is 33.0 Å². The maximum Gasteiger partial charge on any atom is 0.0399 e. The van der Waals surface area contributed by atoms with Crippen molar-refractivity contribution < 1.29 is 0 Å². The van der Waals surface area contributed by atoms with E-state index in [0.29, 0.717) is 5.88 Å². The summed E-state index contributed by atoms with van der Waals surface area (Å²) in [4.78, 5) is 2.12. The summed E-state index contributed by atoms with van der Waals surface area (Å²) in [6.07, 6.45) is 0. The normalized spacial score (nSPS) is 9.92. The third-order valence-corrected chi connectivity index (χ3v) is 2.39. The lowest BCUT2D eigenvalue weighted by atomic mass is 10.3. The van der Waals surface area contributed by atoms with Crippen LogP contribution in [0.15, 0.2) is 28.7 Å². The summed E-state index contributed by atoms with van der Waals surface area (Å²) in [5.41, 5.74) is 1.19. The van der Waals surface area contributed by atoms with E-state index in [0.717, 1.165) is 11.0 Å². The average molecular weight is 249 g/mol. The van der Waals surface area contributed by atoms with E-state index in [1.165, 1.54) is 5.69 Å². The van der Waals surface area contributed by atoms with E-state index in [1.54, 1.807) is 0 Å². The Morgan fingerprint density at radius 3 is 2.42 bits per heavy atom. The van der Waals surface area contributed by atoms with Crippen LogP contribution in [0.2, 0.25) is 0 Å². The number of anilines is 1. The van der Waals surface area contributed by atoms with E-state index in [1.807, 2.05) is 19.2 Å². The molecule has 3 heteroatoms. The predicted molar refractivity (Wildman–Crippen MR) is 58.1 cm³/mol. The van der Waals surface area contributed by atoms with Crippen molar-refractivity contribution in [2.75, 3.05) is 24.4 Å². The molecule has 0 aromatic heterocycles. The molecule has 1 aromatic carbocycles. The molecular weight excluding hydrogens is 237 g/mol. The van der Waals surface area contributed by atoms with Gasteiger partial charge in [-0.2, -0.15) is 0 Å². The predicted octanol–water partition coefficient (Wildman–Crippen LogP) is 3.12. The molecule has 0 atom stereocenters. The summed E-state index contributed by atoms with van der Waals surface area (Å²) in [6.45, 7) is 0.878. The van der Waals surface area contributed by atoms with Crippen LogP contribution in [-0.4, -0.2) is 19.5 Å². The molecule has 0 bridgehead atoms. The van der Waals surface area contributed by atoms with Crippen LogP contribution in [-0.2, 0) is 0 Å². The first-order valence-corrected chi connectivity index (χ1v) is 5.09. The van der Waals surface area contributed by atoms with Crippen molar-refractivity contribution in [3.8, 4) is 0 Å². The summed E-state index contributed by atoms with van der Waals surface area (Å²) < 4.78 is 1.10. The van der Waals surface area contributed by atoms with Crippen LogP contribution >= 0.6 is 27.5 Å². The molecule has 1 nitrogen and oxygen atoms in total. The minimum absolute atomic E-state index is 0.659. The molecule has 0 radical (unpaired) electrons. The maximum absolute atomic E-state index is 5.63. The van der Waals surface area contributed by atoms with Gasteiger partial charge in [-0.3, -0.25) is 0 Å². The van der Waals surface area contributed by atoms with Crippen molar-refractivity contribution in [2.45, 2.75) is 0 Å². The van der Waals surface area contributed by atoms with Crippen LogP contribution in [0, 0.1) is 0 Å². The van der Waals surface area contributed by atoms with Crippen LogP contribution in [0.1, 0.15) is 0 Å². The largest absolute Gasteiger partial charge is 0.373 e. The van der Waals surface area contributed by atoms with Gasteiger partial charge >= 0.3 is 0 Å². The lowest BCUT2D eigenvalue weighted by Gasteiger charge is -2.17. The molecule has 0 unspecified atom stereocenters. The monoisotopic (exact) mass is 247 g/mol. The molecule has 1 rings (SSSR count). The Hall–Kier alpha value is -0.210. The van der Waals surface area contributed by atoms with Gasteiger partial charge in [0.2, 0.25) is 0 Å². The summed E-state index contributed by atoms with van der Waals surface area (Å²) in [6, 6.07) is 8.19. The molecule has 0 fully saturated rings. The van der Waals surface area contributed by atoms with Crippen molar-refractivity contribution in [3.63, 3.8) is 0 Å². The van der Waals surface area contributed by atoms with Crippen LogP contribution in [0.5, 0.6) is 0 Å². The highest BCUT2D eigenvalue weighted by Crippen LogP contribution is 2.16. The standard InChI is InChI=1S/C9H11BrClN/c1-12(7-6-11)9-4-2-8(10)3-5-9/h2-5H,6-7H2,1H3. The van der Waals surface area contributed by atoms with Crippen molar-refractivity contribution >= 4 is 33.2 Å². The average Bonchev–Trinajstić information content (AvgIpc) is 2.06. The number of hydrogen-bond donors (Lipinski definition) is 0. The van der Waals surface area contributed by atoms with Crippen LogP contribution < -0.4 is 4.90 Å². The zero-order chi connectivity index (χ0) is 8.97. The van der Waals surface area contributed by atoms with Crippen LogP contribution in [0.3, 0.4) is 0 Å². The number of halogens is 2. The second-order valence-corrected chi connectivity index (χ2v) is 3.88. The Balaban J connectivity index is 2.68. The van der Waals surface area contributed by atoms with Gasteiger partial charge in [-0.15, -0.1) is 11.6 Å². The van der Waals surface area contributed by atoms with Gasteiger partial charge in [0.1, 0.15) is 0 Å². The molecule has 0 saturated carbocycles. The molecule has 0 aliphatic heterocycles. The molecule has 0 saturated heterocycles. The van der Waals surface area contributed by atoms with Crippen molar-refractivity contribution in [1.29, 1.82) is 0 Å². The summed E-state index contributed by atoms with van der Waals surface area (Å²) in [5.74, 6) is 0.659. The summed E-state index contributed by atoms with van der Waals surface area (Å²) in [5, 5.41) is 0. The Bertz CT molecular complexity index is 235. The molecule has 0 aliphatic carbocycles. The molecule has 12 heavy (non-hydrogen) atoms. The van der Waals surface area contributed by atoms with Gasteiger partial charge < -0.3 is 4.90 Å². The first-order chi connectivity index (χ1) is 5.74. The minimum atomic E-state index is 0.659. The molecular formula is C9H11BrClN. The zero-order valence-corrected chi connectivity index (χ0v) is 9.27. The van der Waals surface area contributed by atoms with E-state index >= 15 is 0 Å². The van der Waals surface area contributed by atoms with Gasteiger partial charge in [0.15, 0.2) is 0 Å². The number of benzene rings is 1. The zero-order valence-electron chi connectivity index (χ0n) is 6.93. The van der Waals surface area contributed by atoms with Gasteiger partial charge in [0.05, 0.1) is 0 Å². The van der Waals surface area contributed by atoms with Gasteiger partial charge in [0, 0.05) is 29.6 Å². The third-order valence-electron chi connectivity index (χ3n) is 1.69. The van der Waals surface area contributed by atoms with Crippen LogP contribution in [0.25, 0.3) is 0 Å². The Kier molecular flexibility index (Phi) is 3.89. The maximum atomic E-state index is 5.63. The lowest BCUT2D eigenvalue weighted by molar-refractivity contribution is 0.973. The van der Waals surface area contributed by atoms with E-state index in [9.17, 15) is 0 Å². The smallest absolute Gasteiger partial charge is 0.0399 e. The SMILES string of the molecule is CN(CCCl)c1ccc(Br)cc1. The molecule has 1 aromatic rings. The number of hydrogen-bond acceptors (Lipinski definition) is 1. The molecule has 0 heterocycles. The Morgan fingerprint density at radius 2 is 1.92 bits per heavy atom. The van der Waals surface area contributed by atoms with Gasteiger partial charge in [-0.25, -0.2) is 0 Å². The second kappa shape index (κ2) is 4.73. The summed E-state index contributed by atoms with van der Waals surface area (Å²) in [7, 11) is 2.03.